The van der Waals surface area contributed by atoms with Crippen molar-refractivity contribution in [2.24, 2.45) is 5.41 Å². The van der Waals surface area contributed by atoms with E-state index in [-0.39, 0.29) is 35.6 Å². The van der Waals surface area contributed by atoms with Gasteiger partial charge in [-0.15, -0.1) is 0 Å². The molecule has 1 amide bonds. The molecule has 11 heteroatoms. The van der Waals surface area contributed by atoms with E-state index in [0.717, 1.165) is 19.1 Å². The van der Waals surface area contributed by atoms with Crippen LogP contribution in [0.3, 0.4) is 0 Å². The third-order valence-electron chi connectivity index (χ3n) is 7.48. The molecule has 1 saturated carbocycles. The lowest BCUT2D eigenvalue weighted by Crippen LogP contribution is -2.53. The third-order valence-corrected chi connectivity index (χ3v) is 8.92. The largest absolute Gasteiger partial charge is 0.368 e. The summed E-state index contributed by atoms with van der Waals surface area (Å²) < 4.78 is 89.9. The molecule has 2 aliphatic heterocycles. The molecular formula is C25H26F4N2O4S. The van der Waals surface area contributed by atoms with Crippen molar-refractivity contribution in [3.05, 3.63) is 59.4 Å². The molecule has 0 bridgehead atoms. The molecule has 6 nitrogen and oxygen atoms in total. The van der Waals surface area contributed by atoms with Gasteiger partial charge in [-0.2, -0.15) is 0 Å². The molecule has 1 unspecified atom stereocenters. The summed E-state index contributed by atoms with van der Waals surface area (Å²) in [6.45, 7) is 1.61. The molecule has 5 rings (SSSR count). The van der Waals surface area contributed by atoms with Gasteiger partial charge in [0.25, 0.3) is 5.91 Å². The zero-order valence-corrected chi connectivity index (χ0v) is 20.3. The number of nitrogens with one attached hydrogen (secondary N) is 1. The molecule has 0 aromatic heterocycles. The molecule has 3 aliphatic rings. The zero-order chi connectivity index (χ0) is 25.8. The second kappa shape index (κ2) is 9.11. The molecule has 1 aliphatic carbocycles. The van der Waals surface area contributed by atoms with E-state index in [1.807, 2.05) is 0 Å². The van der Waals surface area contributed by atoms with Gasteiger partial charge in [-0.25, -0.2) is 30.7 Å². The van der Waals surface area contributed by atoms with E-state index in [1.165, 1.54) is 23.1 Å². The Bertz CT molecular complexity index is 1270. The van der Waals surface area contributed by atoms with Crippen molar-refractivity contribution in [3.63, 3.8) is 0 Å². The zero-order valence-electron chi connectivity index (χ0n) is 19.5. The Labute approximate surface area is 206 Å². The fraction of sp³-hybridized carbons (Fsp3) is 0.480. The van der Waals surface area contributed by atoms with Crippen LogP contribution in [0, 0.1) is 22.9 Å². The van der Waals surface area contributed by atoms with Gasteiger partial charge in [0, 0.05) is 36.1 Å². The Morgan fingerprint density at radius 3 is 2.42 bits per heavy atom. The van der Waals surface area contributed by atoms with E-state index in [1.54, 1.807) is 0 Å². The van der Waals surface area contributed by atoms with Crippen LogP contribution in [0.25, 0.3) is 11.1 Å². The van der Waals surface area contributed by atoms with Crippen LogP contribution >= 0.6 is 0 Å². The van der Waals surface area contributed by atoms with Crippen molar-refractivity contribution < 1.29 is 35.5 Å². The van der Waals surface area contributed by atoms with Crippen LogP contribution in [0.15, 0.2) is 36.4 Å². The van der Waals surface area contributed by atoms with Gasteiger partial charge in [-0.1, -0.05) is 18.2 Å². The van der Waals surface area contributed by atoms with E-state index < -0.39 is 56.6 Å². The van der Waals surface area contributed by atoms with Crippen LogP contribution in [0.4, 0.5) is 17.6 Å². The summed E-state index contributed by atoms with van der Waals surface area (Å²) in [4.78, 5) is 14.7. The first kappa shape index (κ1) is 25.2. The van der Waals surface area contributed by atoms with E-state index in [9.17, 15) is 26.4 Å². The maximum absolute atomic E-state index is 15.7. The van der Waals surface area contributed by atoms with Crippen molar-refractivity contribution in [2.75, 3.05) is 13.2 Å². The highest BCUT2D eigenvalue weighted by Crippen LogP contribution is 2.56. The van der Waals surface area contributed by atoms with Crippen LogP contribution < -0.4 is 4.72 Å². The number of likely N-dealkylation sites (tertiary alicyclic amines) is 1. The number of alkyl halides is 1. The minimum absolute atomic E-state index is 0.0104. The van der Waals surface area contributed by atoms with Gasteiger partial charge in [-0.3, -0.25) is 4.79 Å². The van der Waals surface area contributed by atoms with Crippen molar-refractivity contribution in [2.45, 2.75) is 56.3 Å². The summed E-state index contributed by atoms with van der Waals surface area (Å²) in [6.07, 6.45) is 1.08. The lowest BCUT2D eigenvalue weighted by atomic mass is 9.91. The Kier molecular flexibility index (Phi) is 6.37. The SMILES string of the molecule is C[C@H](F)S(=O)(=O)NC1[C@H](Cc2cccc(-c3cc(F)cc(F)c3)c2F)N(C(=O)[C@H]2CCO2)CC12CC2. The molecule has 4 atom stereocenters. The number of rotatable bonds is 7. The van der Waals surface area contributed by atoms with Gasteiger partial charge in [0.2, 0.25) is 15.5 Å². The lowest BCUT2D eigenvalue weighted by molar-refractivity contribution is -0.157. The van der Waals surface area contributed by atoms with Gasteiger partial charge in [-0.05, 0) is 49.4 Å². The predicted molar refractivity (Wildman–Crippen MR) is 123 cm³/mol. The molecule has 2 heterocycles. The summed E-state index contributed by atoms with van der Waals surface area (Å²) in [5.74, 6) is -2.75. The van der Waals surface area contributed by atoms with Crippen LogP contribution in [-0.2, 0) is 26.0 Å². The highest BCUT2D eigenvalue weighted by Gasteiger charge is 2.62. The van der Waals surface area contributed by atoms with Crippen molar-refractivity contribution >= 4 is 15.9 Å². The smallest absolute Gasteiger partial charge is 0.252 e. The number of sulfonamides is 1. The van der Waals surface area contributed by atoms with Crippen LogP contribution in [0.1, 0.15) is 31.7 Å². The maximum atomic E-state index is 15.7. The van der Waals surface area contributed by atoms with Gasteiger partial charge in [0.15, 0.2) is 0 Å². The number of hydrogen-bond donors (Lipinski definition) is 1. The fourth-order valence-corrected chi connectivity index (χ4v) is 6.18. The minimum Gasteiger partial charge on any atom is -0.368 e. The van der Waals surface area contributed by atoms with E-state index in [0.29, 0.717) is 31.9 Å². The number of carbonyl (C=O) groups excluding carboxylic acids is 1. The van der Waals surface area contributed by atoms with E-state index in [2.05, 4.69) is 4.72 Å². The Morgan fingerprint density at radius 1 is 1.19 bits per heavy atom. The summed E-state index contributed by atoms with van der Waals surface area (Å²) in [6, 6.07) is 5.51. The number of benzene rings is 2. The molecule has 3 fully saturated rings. The maximum Gasteiger partial charge on any atom is 0.252 e. The van der Waals surface area contributed by atoms with Crippen LogP contribution in [-0.4, -0.2) is 56.1 Å². The first-order valence-electron chi connectivity index (χ1n) is 11.8. The second-order valence-electron chi connectivity index (χ2n) is 9.87. The molecule has 2 aromatic carbocycles. The van der Waals surface area contributed by atoms with Crippen LogP contribution in [0.2, 0.25) is 0 Å². The molecule has 2 saturated heterocycles. The van der Waals surface area contributed by atoms with Gasteiger partial charge < -0.3 is 9.64 Å². The standard InChI is InChI=1S/C25H26F4N2O4S/c1-14(26)36(33,34)30-23-20(31(13-25(23)6-7-25)24(32)21-5-8-35-21)11-15-3-2-4-19(22(15)29)16-9-17(27)12-18(28)10-16/h2-4,9-10,12,14,20-21,23,30H,5-8,11,13H2,1H3/t14-,20+,21-,23?/m1/s1. The Morgan fingerprint density at radius 2 is 1.86 bits per heavy atom. The fourth-order valence-electron chi connectivity index (χ4n) is 5.23. The molecule has 2 aromatic rings. The number of amides is 1. The van der Waals surface area contributed by atoms with Gasteiger partial charge in [0.1, 0.15) is 23.6 Å². The molecule has 1 N–H and O–H groups in total. The quantitative estimate of drug-likeness (QED) is 0.559. The number of ether oxygens (including phenoxy) is 1. The number of carbonyl (C=O) groups is 1. The first-order valence-corrected chi connectivity index (χ1v) is 13.4. The van der Waals surface area contributed by atoms with Crippen molar-refractivity contribution in [3.8, 4) is 11.1 Å². The highest BCUT2D eigenvalue weighted by atomic mass is 32.2. The molecule has 194 valence electrons. The Balaban J connectivity index is 1.52. The summed E-state index contributed by atoms with van der Waals surface area (Å²) in [5.41, 5.74) is -2.61. The highest BCUT2D eigenvalue weighted by molar-refractivity contribution is 7.89. The van der Waals surface area contributed by atoms with E-state index >= 15 is 4.39 Å². The predicted octanol–water partition coefficient (Wildman–Crippen LogP) is 3.70. The van der Waals surface area contributed by atoms with Gasteiger partial charge in [0.05, 0.1) is 12.6 Å². The normalized spacial score (nSPS) is 25.6. The molecule has 0 radical (unpaired) electrons. The second-order valence-corrected chi connectivity index (χ2v) is 11.8. The summed E-state index contributed by atoms with van der Waals surface area (Å²) >= 11 is 0. The number of hydrogen-bond acceptors (Lipinski definition) is 4. The molecular weight excluding hydrogens is 500 g/mol. The number of nitrogens with zero attached hydrogens (tertiary/aromatic N) is 1. The van der Waals surface area contributed by atoms with Gasteiger partial charge >= 0.3 is 0 Å². The minimum atomic E-state index is -4.33. The average molecular weight is 527 g/mol. The topological polar surface area (TPSA) is 75.7 Å². The Hall–Kier alpha value is -2.50. The lowest BCUT2D eigenvalue weighted by Gasteiger charge is -2.34. The summed E-state index contributed by atoms with van der Waals surface area (Å²) in [5, 5.41) is 0. The monoisotopic (exact) mass is 526 g/mol. The average Bonchev–Trinajstić information content (AvgIpc) is 3.48. The van der Waals surface area contributed by atoms with Crippen molar-refractivity contribution in [1.82, 2.24) is 9.62 Å². The van der Waals surface area contributed by atoms with E-state index in [4.69, 9.17) is 4.74 Å². The summed E-state index contributed by atoms with van der Waals surface area (Å²) in [7, 11) is -4.33. The molecule has 1 spiro atoms. The third kappa shape index (κ3) is 4.52. The van der Waals surface area contributed by atoms with Crippen molar-refractivity contribution in [1.29, 1.82) is 0 Å². The number of halogens is 4. The van der Waals surface area contributed by atoms with Crippen LogP contribution in [0.5, 0.6) is 0 Å². The molecule has 36 heavy (non-hydrogen) atoms. The first-order chi connectivity index (χ1) is 17.0.